The number of likely N-dealkylation sites (tertiary alicyclic amines) is 1. The number of nitrogens with zero attached hydrogens (tertiary/aromatic N) is 1. The van der Waals surface area contributed by atoms with E-state index in [0.717, 1.165) is 10.2 Å². The molecule has 5 nitrogen and oxygen atoms in total. The lowest BCUT2D eigenvalue weighted by molar-refractivity contribution is -0.136. The van der Waals surface area contributed by atoms with Crippen molar-refractivity contribution in [3.8, 4) is 0 Å². The van der Waals surface area contributed by atoms with Crippen LogP contribution in [-0.2, 0) is 9.59 Å². The van der Waals surface area contributed by atoms with Crippen LogP contribution in [0.1, 0.15) is 33.1 Å². The van der Waals surface area contributed by atoms with Gasteiger partial charge in [-0.3, -0.25) is 9.59 Å². The van der Waals surface area contributed by atoms with Gasteiger partial charge in [-0.25, -0.2) is 0 Å². The summed E-state index contributed by atoms with van der Waals surface area (Å²) in [5.74, 6) is 0.355. The molecule has 7 heteroatoms. The van der Waals surface area contributed by atoms with Crippen molar-refractivity contribution in [3.63, 3.8) is 0 Å². The van der Waals surface area contributed by atoms with Crippen LogP contribution in [0.2, 0.25) is 0 Å². The summed E-state index contributed by atoms with van der Waals surface area (Å²) in [5.41, 5.74) is 6.76. The predicted octanol–water partition coefficient (Wildman–Crippen LogP) is 3.42. The minimum Gasteiger partial charge on any atom is -0.341 e. The van der Waals surface area contributed by atoms with Crippen LogP contribution < -0.4 is 11.1 Å². The first kappa shape index (κ1) is 21.9. The number of carbonyl (C=O) groups is 2. The number of piperidine rings is 1. The second-order valence-corrected chi connectivity index (χ2v) is 7.66. The first-order chi connectivity index (χ1) is 11.4. The van der Waals surface area contributed by atoms with Crippen molar-refractivity contribution < 1.29 is 9.59 Å². The first-order valence-electron chi connectivity index (χ1n) is 8.48. The fourth-order valence-corrected chi connectivity index (χ4v) is 3.39. The van der Waals surface area contributed by atoms with E-state index >= 15 is 0 Å². The van der Waals surface area contributed by atoms with Gasteiger partial charge in [-0.05, 0) is 53.2 Å². The lowest BCUT2D eigenvalue weighted by atomic mass is 9.94. The molecular weight excluding hydrogens is 406 g/mol. The zero-order chi connectivity index (χ0) is 17.7. The molecule has 1 heterocycles. The second-order valence-electron chi connectivity index (χ2n) is 6.80. The van der Waals surface area contributed by atoms with Gasteiger partial charge in [-0.2, -0.15) is 0 Å². The molecular formula is C18H27BrClN3O2. The molecule has 1 aliphatic heterocycles. The largest absolute Gasteiger partial charge is 0.341 e. The molecule has 2 rings (SSSR count). The molecule has 1 fully saturated rings. The monoisotopic (exact) mass is 431 g/mol. The number of nitrogens with one attached hydrogen (secondary N) is 1. The fourth-order valence-electron chi connectivity index (χ4n) is 3.00. The van der Waals surface area contributed by atoms with E-state index in [9.17, 15) is 9.59 Å². The van der Waals surface area contributed by atoms with Crippen molar-refractivity contribution in [2.45, 2.75) is 39.2 Å². The molecule has 0 aliphatic carbocycles. The van der Waals surface area contributed by atoms with Crippen LogP contribution in [0.3, 0.4) is 0 Å². The molecule has 1 aromatic carbocycles. The van der Waals surface area contributed by atoms with Gasteiger partial charge in [0.2, 0.25) is 11.8 Å². The standard InChI is InChI=1S/C18H26BrN3O2.ClH/c1-12(2)11-15(20)18(24)22-9-7-13(8-10-22)17(23)21-16-6-4-3-5-14(16)19;/h3-6,12-13,15H,7-11,20H2,1-2H3,(H,21,23);1H/t15-;/m0./s1. The number of para-hydroxylation sites is 1. The number of hydrogen-bond acceptors (Lipinski definition) is 3. The molecule has 0 bridgehead atoms. The Labute approximate surface area is 164 Å². The summed E-state index contributed by atoms with van der Waals surface area (Å²) in [7, 11) is 0. The van der Waals surface area contributed by atoms with Crippen molar-refractivity contribution in [2.24, 2.45) is 17.6 Å². The van der Waals surface area contributed by atoms with Crippen LogP contribution in [0.4, 0.5) is 5.69 Å². The maximum Gasteiger partial charge on any atom is 0.239 e. The Hall–Kier alpha value is -1.11. The molecule has 1 aliphatic rings. The average Bonchev–Trinajstić information content (AvgIpc) is 2.55. The zero-order valence-electron chi connectivity index (χ0n) is 14.7. The predicted molar refractivity (Wildman–Crippen MR) is 107 cm³/mol. The van der Waals surface area contributed by atoms with Gasteiger partial charge in [0.15, 0.2) is 0 Å². The summed E-state index contributed by atoms with van der Waals surface area (Å²) < 4.78 is 0.866. The number of hydrogen-bond donors (Lipinski definition) is 2. The zero-order valence-corrected chi connectivity index (χ0v) is 17.1. The molecule has 2 amide bonds. The Balaban J connectivity index is 0.00000312. The highest BCUT2D eigenvalue weighted by atomic mass is 79.9. The minimum atomic E-state index is -0.435. The lowest BCUT2D eigenvalue weighted by Gasteiger charge is -2.33. The SMILES string of the molecule is CC(C)C[C@H](N)C(=O)N1CCC(C(=O)Nc2ccccc2Br)CC1.Cl. The van der Waals surface area contributed by atoms with E-state index in [2.05, 4.69) is 35.1 Å². The maximum atomic E-state index is 12.4. The van der Waals surface area contributed by atoms with Crippen molar-refractivity contribution >= 4 is 45.8 Å². The van der Waals surface area contributed by atoms with Crippen LogP contribution in [-0.4, -0.2) is 35.8 Å². The van der Waals surface area contributed by atoms with Crippen LogP contribution in [0.5, 0.6) is 0 Å². The third-order valence-corrected chi connectivity index (χ3v) is 5.04. The summed E-state index contributed by atoms with van der Waals surface area (Å²) in [4.78, 5) is 26.6. The molecule has 0 aromatic heterocycles. The summed E-state index contributed by atoms with van der Waals surface area (Å²) in [6.45, 7) is 5.31. The number of carbonyl (C=O) groups excluding carboxylic acids is 2. The fraction of sp³-hybridized carbons (Fsp3) is 0.556. The molecule has 0 radical (unpaired) electrons. The molecule has 1 atom stereocenters. The molecule has 140 valence electrons. The summed E-state index contributed by atoms with van der Waals surface area (Å²) >= 11 is 3.43. The minimum absolute atomic E-state index is 0. The van der Waals surface area contributed by atoms with Crippen molar-refractivity contribution in [1.82, 2.24) is 4.90 Å². The Morgan fingerprint density at radius 3 is 2.44 bits per heavy atom. The van der Waals surface area contributed by atoms with Gasteiger partial charge in [-0.15, -0.1) is 12.4 Å². The summed E-state index contributed by atoms with van der Waals surface area (Å²) in [6, 6.07) is 7.12. The number of halogens is 2. The van der Waals surface area contributed by atoms with Gasteiger partial charge in [0.25, 0.3) is 0 Å². The highest BCUT2D eigenvalue weighted by Crippen LogP contribution is 2.24. The van der Waals surface area contributed by atoms with E-state index in [-0.39, 0.29) is 30.1 Å². The quantitative estimate of drug-likeness (QED) is 0.748. The number of benzene rings is 1. The van der Waals surface area contributed by atoms with Crippen molar-refractivity contribution in [2.75, 3.05) is 18.4 Å². The van der Waals surface area contributed by atoms with Crippen molar-refractivity contribution in [1.29, 1.82) is 0 Å². The van der Waals surface area contributed by atoms with E-state index in [4.69, 9.17) is 5.73 Å². The maximum absolute atomic E-state index is 12.4. The molecule has 25 heavy (non-hydrogen) atoms. The van der Waals surface area contributed by atoms with E-state index in [1.807, 2.05) is 24.3 Å². The molecule has 0 unspecified atom stereocenters. The third kappa shape index (κ3) is 6.28. The van der Waals surface area contributed by atoms with E-state index in [1.165, 1.54) is 0 Å². The molecule has 1 saturated heterocycles. The van der Waals surface area contributed by atoms with Crippen LogP contribution in [0.15, 0.2) is 28.7 Å². The Morgan fingerprint density at radius 1 is 1.28 bits per heavy atom. The highest BCUT2D eigenvalue weighted by Gasteiger charge is 2.29. The third-order valence-electron chi connectivity index (χ3n) is 4.35. The van der Waals surface area contributed by atoms with Gasteiger partial charge in [0, 0.05) is 23.5 Å². The highest BCUT2D eigenvalue weighted by molar-refractivity contribution is 9.10. The van der Waals surface area contributed by atoms with Gasteiger partial charge in [-0.1, -0.05) is 26.0 Å². The Bertz CT molecular complexity index is 589. The molecule has 1 aromatic rings. The molecule has 0 spiro atoms. The topological polar surface area (TPSA) is 75.4 Å². The number of anilines is 1. The smallest absolute Gasteiger partial charge is 0.239 e. The van der Waals surface area contributed by atoms with Gasteiger partial charge < -0.3 is 16.0 Å². The molecule has 0 saturated carbocycles. The van der Waals surface area contributed by atoms with E-state index in [0.29, 0.717) is 38.3 Å². The van der Waals surface area contributed by atoms with Crippen molar-refractivity contribution in [3.05, 3.63) is 28.7 Å². The lowest BCUT2D eigenvalue weighted by Crippen LogP contribution is -2.48. The van der Waals surface area contributed by atoms with Crippen LogP contribution in [0, 0.1) is 11.8 Å². The van der Waals surface area contributed by atoms with Crippen LogP contribution in [0.25, 0.3) is 0 Å². The van der Waals surface area contributed by atoms with Crippen LogP contribution >= 0.6 is 28.3 Å². The first-order valence-corrected chi connectivity index (χ1v) is 9.27. The molecule has 3 N–H and O–H groups in total. The normalized spacial score (nSPS) is 16.3. The summed E-state index contributed by atoms with van der Waals surface area (Å²) in [5, 5.41) is 2.96. The van der Waals surface area contributed by atoms with E-state index in [1.54, 1.807) is 4.90 Å². The average molecular weight is 433 g/mol. The van der Waals surface area contributed by atoms with Gasteiger partial charge in [0.05, 0.1) is 11.7 Å². The summed E-state index contributed by atoms with van der Waals surface area (Å²) in [6.07, 6.45) is 2.05. The van der Waals surface area contributed by atoms with Gasteiger partial charge in [0.1, 0.15) is 0 Å². The number of amides is 2. The Kier molecular flexibility index (Phi) is 8.89. The van der Waals surface area contributed by atoms with Gasteiger partial charge >= 0.3 is 0 Å². The Morgan fingerprint density at radius 2 is 1.88 bits per heavy atom. The van der Waals surface area contributed by atoms with E-state index < -0.39 is 6.04 Å². The second kappa shape index (κ2) is 10.1. The number of rotatable bonds is 5. The number of nitrogens with two attached hydrogens (primary N) is 1.